The van der Waals surface area contributed by atoms with Crippen LogP contribution in [0.4, 0.5) is 5.69 Å². The molecular formula is C22H23N3. The highest BCUT2D eigenvalue weighted by atomic mass is 15.3. The molecule has 3 heteroatoms. The van der Waals surface area contributed by atoms with Gasteiger partial charge in [-0.25, -0.2) is 0 Å². The van der Waals surface area contributed by atoms with Crippen LogP contribution in [0, 0.1) is 0 Å². The zero-order valence-corrected chi connectivity index (χ0v) is 14.4. The molecule has 1 aliphatic carbocycles. The fraction of sp³-hybridized carbons (Fsp3) is 0.273. The number of hydrazone groups is 1. The number of rotatable bonds is 4. The van der Waals surface area contributed by atoms with Crippen molar-refractivity contribution in [2.75, 3.05) is 5.43 Å². The molecular weight excluding hydrogens is 306 g/mol. The van der Waals surface area contributed by atoms with E-state index in [0.29, 0.717) is 5.92 Å². The van der Waals surface area contributed by atoms with Gasteiger partial charge < -0.3 is 0 Å². The van der Waals surface area contributed by atoms with Gasteiger partial charge in [0.25, 0.3) is 0 Å². The minimum absolute atomic E-state index is 0.590. The first-order valence-electron chi connectivity index (χ1n) is 9.14. The Labute approximate surface area is 148 Å². The molecule has 0 bridgehead atoms. The van der Waals surface area contributed by atoms with Crippen LogP contribution in [0.25, 0.3) is 10.9 Å². The van der Waals surface area contributed by atoms with Crippen molar-refractivity contribution in [2.24, 2.45) is 5.10 Å². The second-order valence-electron chi connectivity index (χ2n) is 6.72. The predicted molar refractivity (Wildman–Crippen MR) is 105 cm³/mol. The molecule has 1 saturated carbocycles. The molecule has 0 amide bonds. The Kier molecular flexibility index (Phi) is 4.73. The molecule has 1 aromatic heterocycles. The third-order valence-electron chi connectivity index (χ3n) is 4.96. The summed E-state index contributed by atoms with van der Waals surface area (Å²) in [7, 11) is 0. The highest BCUT2D eigenvalue weighted by Gasteiger charge is 2.18. The van der Waals surface area contributed by atoms with Gasteiger partial charge in [0.05, 0.1) is 17.4 Å². The van der Waals surface area contributed by atoms with Crippen molar-refractivity contribution in [2.45, 2.75) is 38.0 Å². The molecule has 4 rings (SSSR count). The monoisotopic (exact) mass is 329 g/mol. The lowest BCUT2D eigenvalue weighted by atomic mass is 9.86. The molecule has 3 nitrogen and oxygen atoms in total. The van der Waals surface area contributed by atoms with Gasteiger partial charge in [-0.1, -0.05) is 55.7 Å². The van der Waals surface area contributed by atoms with Gasteiger partial charge >= 0.3 is 0 Å². The summed E-state index contributed by atoms with van der Waals surface area (Å²) in [5.41, 5.74) is 7.51. The van der Waals surface area contributed by atoms with Gasteiger partial charge in [-0.05, 0) is 37.1 Å². The highest BCUT2D eigenvalue weighted by molar-refractivity contribution is 5.98. The van der Waals surface area contributed by atoms with Crippen LogP contribution in [0.3, 0.4) is 0 Å². The van der Waals surface area contributed by atoms with E-state index in [-0.39, 0.29) is 0 Å². The normalized spacial score (nSPS) is 15.7. The molecule has 1 fully saturated rings. The molecule has 0 radical (unpaired) electrons. The van der Waals surface area contributed by atoms with Crippen LogP contribution in [-0.2, 0) is 0 Å². The van der Waals surface area contributed by atoms with Crippen molar-refractivity contribution in [3.63, 3.8) is 0 Å². The number of para-hydroxylation sites is 2. The zero-order chi connectivity index (χ0) is 16.9. The fourth-order valence-electron chi connectivity index (χ4n) is 3.63. The highest BCUT2D eigenvalue weighted by Crippen LogP contribution is 2.33. The largest absolute Gasteiger partial charge is 0.279 e. The van der Waals surface area contributed by atoms with Crippen LogP contribution in [-0.4, -0.2) is 11.2 Å². The first-order valence-corrected chi connectivity index (χ1v) is 9.14. The molecule has 126 valence electrons. The van der Waals surface area contributed by atoms with Gasteiger partial charge in [0.1, 0.15) is 0 Å². The second-order valence-corrected chi connectivity index (χ2v) is 6.72. The molecule has 0 aliphatic heterocycles. The number of hydrogen-bond acceptors (Lipinski definition) is 3. The number of fused-ring (bicyclic) bond motifs is 1. The lowest BCUT2D eigenvalue weighted by Crippen LogP contribution is -2.07. The summed E-state index contributed by atoms with van der Waals surface area (Å²) in [5, 5.41) is 5.60. The van der Waals surface area contributed by atoms with E-state index < -0.39 is 0 Å². The van der Waals surface area contributed by atoms with Crippen molar-refractivity contribution in [3.8, 4) is 0 Å². The number of anilines is 1. The lowest BCUT2D eigenvalue weighted by Gasteiger charge is -2.21. The van der Waals surface area contributed by atoms with Crippen molar-refractivity contribution in [1.29, 1.82) is 0 Å². The van der Waals surface area contributed by atoms with E-state index in [1.807, 2.05) is 36.5 Å². The van der Waals surface area contributed by atoms with Crippen LogP contribution in [0.1, 0.15) is 49.3 Å². The summed E-state index contributed by atoms with van der Waals surface area (Å²) < 4.78 is 0. The van der Waals surface area contributed by atoms with Crippen molar-refractivity contribution in [1.82, 2.24) is 4.98 Å². The van der Waals surface area contributed by atoms with Crippen molar-refractivity contribution in [3.05, 3.63) is 71.9 Å². The molecule has 0 spiro atoms. The number of benzene rings is 2. The number of pyridine rings is 1. The summed E-state index contributed by atoms with van der Waals surface area (Å²) in [5.74, 6) is 0.590. The molecule has 25 heavy (non-hydrogen) atoms. The molecule has 0 unspecified atom stereocenters. The number of nitrogens with one attached hydrogen (secondary N) is 1. The first kappa shape index (κ1) is 15.8. The van der Waals surface area contributed by atoms with E-state index in [0.717, 1.165) is 22.2 Å². The summed E-state index contributed by atoms with van der Waals surface area (Å²) in [6.45, 7) is 0. The Morgan fingerprint density at radius 1 is 0.920 bits per heavy atom. The van der Waals surface area contributed by atoms with Gasteiger partial charge in [-0.2, -0.15) is 5.10 Å². The summed E-state index contributed by atoms with van der Waals surface area (Å²) >= 11 is 0. The minimum atomic E-state index is 0.590. The van der Waals surface area contributed by atoms with E-state index in [9.17, 15) is 0 Å². The van der Waals surface area contributed by atoms with Gasteiger partial charge in [-0.3, -0.25) is 10.4 Å². The Morgan fingerprint density at radius 3 is 2.52 bits per heavy atom. The van der Waals surface area contributed by atoms with E-state index in [1.54, 1.807) is 0 Å². The predicted octanol–water partition coefficient (Wildman–Crippen LogP) is 5.73. The van der Waals surface area contributed by atoms with Crippen LogP contribution in [0.2, 0.25) is 0 Å². The number of nitrogens with zero attached hydrogens (tertiary/aromatic N) is 2. The quantitative estimate of drug-likeness (QED) is 0.490. The smallest absolute Gasteiger partial charge is 0.0712 e. The molecule has 1 N–H and O–H groups in total. The van der Waals surface area contributed by atoms with Gasteiger partial charge in [-0.15, -0.1) is 0 Å². The van der Waals surface area contributed by atoms with E-state index in [2.05, 4.69) is 40.9 Å². The average molecular weight is 329 g/mol. The van der Waals surface area contributed by atoms with E-state index >= 15 is 0 Å². The van der Waals surface area contributed by atoms with Crippen molar-refractivity contribution >= 4 is 22.8 Å². The Morgan fingerprint density at radius 2 is 1.68 bits per heavy atom. The summed E-state index contributed by atoms with van der Waals surface area (Å²) in [6, 6.07) is 20.6. The minimum Gasteiger partial charge on any atom is -0.279 e. The Balaban J connectivity index is 1.66. The van der Waals surface area contributed by atoms with Gasteiger partial charge in [0, 0.05) is 22.6 Å². The van der Waals surface area contributed by atoms with Crippen LogP contribution in [0.15, 0.2) is 65.8 Å². The van der Waals surface area contributed by atoms with E-state index in [1.165, 1.54) is 37.8 Å². The van der Waals surface area contributed by atoms with Gasteiger partial charge in [0.15, 0.2) is 0 Å². The maximum absolute atomic E-state index is 4.94. The SMILES string of the molecule is C(=N/Nc1ccccc1)/c1cc(C2CCCCC2)nc2ccccc12. The average Bonchev–Trinajstić information content (AvgIpc) is 2.69. The molecule has 1 heterocycles. The summed E-state index contributed by atoms with van der Waals surface area (Å²) in [6.07, 6.45) is 8.42. The second kappa shape index (κ2) is 7.47. The number of aromatic nitrogens is 1. The standard InChI is InChI=1S/C22H23N3/c1-3-9-17(10-4-1)22-15-18(20-13-7-8-14-21(20)24-22)16-23-25-19-11-5-2-6-12-19/h2,5-8,11-17,25H,1,3-4,9-10H2/b23-16-. The van der Waals surface area contributed by atoms with Gasteiger partial charge in [0.2, 0.25) is 0 Å². The maximum Gasteiger partial charge on any atom is 0.0712 e. The Hall–Kier alpha value is -2.68. The Bertz CT molecular complexity index is 865. The number of hydrogen-bond donors (Lipinski definition) is 1. The maximum atomic E-state index is 4.94. The molecule has 0 saturated heterocycles. The van der Waals surface area contributed by atoms with E-state index in [4.69, 9.17) is 4.98 Å². The fourth-order valence-corrected chi connectivity index (χ4v) is 3.63. The lowest BCUT2D eigenvalue weighted by molar-refractivity contribution is 0.437. The van der Waals surface area contributed by atoms with Crippen molar-refractivity contribution < 1.29 is 0 Å². The summed E-state index contributed by atoms with van der Waals surface area (Å²) in [4.78, 5) is 4.94. The molecule has 0 atom stereocenters. The topological polar surface area (TPSA) is 37.3 Å². The first-order chi connectivity index (χ1) is 12.4. The molecule has 3 aromatic rings. The zero-order valence-electron chi connectivity index (χ0n) is 14.4. The molecule has 1 aliphatic rings. The van der Waals surface area contributed by atoms with Crippen LogP contribution in [0.5, 0.6) is 0 Å². The molecule has 2 aromatic carbocycles. The third kappa shape index (κ3) is 3.71. The van der Waals surface area contributed by atoms with Crippen LogP contribution >= 0.6 is 0 Å². The van der Waals surface area contributed by atoms with Crippen LogP contribution < -0.4 is 5.43 Å². The third-order valence-corrected chi connectivity index (χ3v) is 4.96.